The number of para-hydroxylation sites is 3. The van der Waals surface area contributed by atoms with Gasteiger partial charge in [-0.05, 0) is 42.5 Å². The van der Waals surface area contributed by atoms with Gasteiger partial charge in [-0.25, -0.2) is 8.42 Å². The van der Waals surface area contributed by atoms with Gasteiger partial charge in [0.15, 0.2) is 5.75 Å². The van der Waals surface area contributed by atoms with Crippen molar-refractivity contribution >= 4 is 27.3 Å². The second-order valence-corrected chi connectivity index (χ2v) is 9.63. The van der Waals surface area contributed by atoms with Crippen LogP contribution in [0.25, 0.3) is 0 Å². The Bertz CT molecular complexity index is 1260. The highest BCUT2D eigenvalue weighted by Crippen LogP contribution is 2.30. The number of carbonyl (C=O) groups excluding carboxylic acids is 1. The van der Waals surface area contributed by atoms with Gasteiger partial charge in [0.05, 0.1) is 43.1 Å². The third-order valence-electron chi connectivity index (χ3n) is 5.35. The lowest BCUT2D eigenvalue weighted by atomic mass is 10.2. The van der Waals surface area contributed by atoms with Crippen LogP contribution >= 0.6 is 0 Å². The molecule has 0 atom stereocenters. The fraction of sp³-hybridized carbons (Fsp3) is 0.240. The van der Waals surface area contributed by atoms with Crippen LogP contribution in [0, 0.1) is 0 Å². The first-order valence-corrected chi connectivity index (χ1v) is 12.5. The second-order valence-electron chi connectivity index (χ2n) is 7.69. The summed E-state index contributed by atoms with van der Waals surface area (Å²) in [6.07, 6.45) is 0. The van der Waals surface area contributed by atoms with Gasteiger partial charge in [0, 0.05) is 13.1 Å². The number of ether oxygens (including phenoxy) is 3. The van der Waals surface area contributed by atoms with Crippen molar-refractivity contribution in [1.29, 1.82) is 0 Å². The van der Waals surface area contributed by atoms with Crippen molar-refractivity contribution in [1.82, 2.24) is 4.31 Å². The fourth-order valence-electron chi connectivity index (χ4n) is 3.57. The second kappa shape index (κ2) is 11.2. The maximum absolute atomic E-state index is 13.0. The van der Waals surface area contributed by atoms with Gasteiger partial charge in [0.25, 0.3) is 0 Å². The molecule has 0 aliphatic carbocycles. The van der Waals surface area contributed by atoms with E-state index in [1.807, 2.05) is 48.5 Å². The monoisotopic (exact) mass is 497 g/mol. The van der Waals surface area contributed by atoms with E-state index >= 15 is 0 Å². The average Bonchev–Trinajstić information content (AvgIpc) is 2.89. The van der Waals surface area contributed by atoms with E-state index in [0.717, 1.165) is 0 Å². The smallest absolute Gasteiger partial charge is 0.243 e. The van der Waals surface area contributed by atoms with Crippen LogP contribution in [0.5, 0.6) is 17.2 Å². The quantitative estimate of drug-likeness (QED) is 0.466. The highest BCUT2D eigenvalue weighted by Gasteiger charge is 2.27. The van der Waals surface area contributed by atoms with Crippen LogP contribution in [0.4, 0.5) is 11.4 Å². The number of nitrogens with one attached hydrogen (secondary N) is 2. The van der Waals surface area contributed by atoms with E-state index in [1.54, 1.807) is 6.07 Å². The number of benzene rings is 3. The van der Waals surface area contributed by atoms with Crippen molar-refractivity contribution in [2.75, 3.05) is 50.6 Å². The molecule has 1 aliphatic heterocycles. The number of sulfonamides is 1. The molecule has 9 nitrogen and oxygen atoms in total. The Hall–Kier alpha value is -3.60. The van der Waals surface area contributed by atoms with Crippen LogP contribution in [0.3, 0.4) is 0 Å². The molecular weight excluding hydrogens is 470 g/mol. The summed E-state index contributed by atoms with van der Waals surface area (Å²) >= 11 is 0. The molecule has 1 heterocycles. The van der Waals surface area contributed by atoms with Crippen molar-refractivity contribution < 1.29 is 27.4 Å². The zero-order valence-electron chi connectivity index (χ0n) is 19.3. The molecule has 0 spiro atoms. The van der Waals surface area contributed by atoms with Gasteiger partial charge in [-0.2, -0.15) is 4.31 Å². The third-order valence-corrected chi connectivity index (χ3v) is 7.24. The van der Waals surface area contributed by atoms with Crippen LogP contribution in [-0.2, 0) is 19.6 Å². The van der Waals surface area contributed by atoms with E-state index in [0.29, 0.717) is 36.1 Å². The lowest BCUT2D eigenvalue weighted by molar-refractivity contribution is -0.114. The van der Waals surface area contributed by atoms with Gasteiger partial charge in [-0.1, -0.05) is 30.3 Å². The van der Waals surface area contributed by atoms with Crippen LogP contribution in [0.15, 0.2) is 77.7 Å². The summed E-state index contributed by atoms with van der Waals surface area (Å²) in [7, 11) is -2.27. The number of nitrogens with zero attached hydrogens (tertiary/aromatic N) is 1. The number of amides is 1. The summed E-state index contributed by atoms with van der Waals surface area (Å²) in [4.78, 5) is 12.8. The van der Waals surface area contributed by atoms with Gasteiger partial charge < -0.3 is 24.8 Å². The molecule has 4 rings (SSSR count). The fourth-order valence-corrected chi connectivity index (χ4v) is 5.00. The van der Waals surface area contributed by atoms with Gasteiger partial charge in [-0.15, -0.1) is 0 Å². The molecule has 3 aromatic carbocycles. The molecule has 0 radical (unpaired) electrons. The van der Waals surface area contributed by atoms with E-state index < -0.39 is 10.0 Å². The SMILES string of the molecule is COc1ccc(S(=O)(=O)N2CCOCC2)cc1NC(=O)CNc1ccccc1Oc1ccccc1. The lowest BCUT2D eigenvalue weighted by Gasteiger charge is -2.26. The topological polar surface area (TPSA) is 106 Å². The molecule has 2 N–H and O–H groups in total. The van der Waals surface area contributed by atoms with E-state index in [1.165, 1.54) is 29.6 Å². The molecule has 3 aromatic rings. The molecule has 0 bridgehead atoms. The van der Waals surface area contributed by atoms with Crippen molar-refractivity contribution in [3.63, 3.8) is 0 Å². The first-order chi connectivity index (χ1) is 17.0. The molecule has 10 heteroatoms. The number of morpholine rings is 1. The Morgan fingerprint density at radius 1 is 0.943 bits per heavy atom. The van der Waals surface area contributed by atoms with E-state index in [4.69, 9.17) is 14.2 Å². The predicted octanol–water partition coefficient (Wildman–Crippen LogP) is 3.56. The third kappa shape index (κ3) is 6.10. The number of hydrogen-bond acceptors (Lipinski definition) is 7. The summed E-state index contributed by atoms with van der Waals surface area (Å²) < 4.78 is 43.9. The number of rotatable bonds is 9. The molecule has 184 valence electrons. The van der Waals surface area contributed by atoms with Crippen molar-refractivity contribution in [3.05, 3.63) is 72.8 Å². The predicted molar refractivity (Wildman–Crippen MR) is 133 cm³/mol. The normalized spacial score (nSPS) is 14.2. The number of methoxy groups -OCH3 is 1. The number of anilines is 2. The minimum Gasteiger partial charge on any atom is -0.495 e. The largest absolute Gasteiger partial charge is 0.495 e. The Morgan fingerprint density at radius 3 is 2.40 bits per heavy atom. The van der Waals surface area contributed by atoms with Crippen LogP contribution < -0.4 is 20.1 Å². The number of carbonyl (C=O) groups is 1. The summed E-state index contributed by atoms with van der Waals surface area (Å²) in [5.74, 6) is 1.22. The Labute approximate surface area is 204 Å². The van der Waals surface area contributed by atoms with E-state index in [2.05, 4.69) is 10.6 Å². The van der Waals surface area contributed by atoms with Gasteiger partial charge in [0.2, 0.25) is 15.9 Å². The standard InChI is InChI=1S/C25H27N3O6S/c1-32-23-12-11-20(35(30,31)28-13-15-33-16-14-28)17-22(23)27-25(29)18-26-21-9-5-6-10-24(21)34-19-7-3-2-4-8-19/h2-12,17,26H,13-16,18H2,1H3,(H,27,29). The summed E-state index contributed by atoms with van der Waals surface area (Å²) in [6.45, 7) is 1.19. The van der Waals surface area contributed by atoms with Crippen LogP contribution in [0.2, 0.25) is 0 Å². The zero-order chi connectivity index (χ0) is 24.7. The minimum absolute atomic E-state index is 0.0707. The minimum atomic E-state index is -3.72. The average molecular weight is 498 g/mol. The Morgan fingerprint density at radius 2 is 1.66 bits per heavy atom. The molecular formula is C25H27N3O6S. The first-order valence-electron chi connectivity index (χ1n) is 11.1. The van der Waals surface area contributed by atoms with E-state index in [9.17, 15) is 13.2 Å². The van der Waals surface area contributed by atoms with Crippen molar-refractivity contribution in [2.45, 2.75) is 4.90 Å². The van der Waals surface area contributed by atoms with E-state index in [-0.39, 0.29) is 36.1 Å². The van der Waals surface area contributed by atoms with Gasteiger partial charge in [-0.3, -0.25) is 4.79 Å². The van der Waals surface area contributed by atoms with Gasteiger partial charge in [0.1, 0.15) is 11.5 Å². The molecule has 1 fully saturated rings. The molecule has 1 saturated heterocycles. The molecule has 35 heavy (non-hydrogen) atoms. The van der Waals surface area contributed by atoms with Crippen molar-refractivity contribution in [3.8, 4) is 17.2 Å². The Balaban J connectivity index is 1.45. The summed E-state index contributed by atoms with van der Waals surface area (Å²) in [5, 5.41) is 5.81. The van der Waals surface area contributed by atoms with Crippen LogP contribution in [-0.4, -0.2) is 58.6 Å². The summed E-state index contributed by atoms with van der Waals surface area (Å²) in [5.41, 5.74) is 0.907. The maximum Gasteiger partial charge on any atom is 0.243 e. The molecule has 0 unspecified atom stereocenters. The lowest BCUT2D eigenvalue weighted by Crippen LogP contribution is -2.40. The Kier molecular flexibility index (Phi) is 7.86. The molecule has 1 amide bonds. The molecule has 0 saturated carbocycles. The summed E-state index contributed by atoms with van der Waals surface area (Å²) in [6, 6.07) is 21.0. The number of hydrogen-bond donors (Lipinski definition) is 2. The first kappa shape index (κ1) is 24.5. The molecule has 1 aliphatic rings. The van der Waals surface area contributed by atoms with Crippen molar-refractivity contribution in [2.24, 2.45) is 0 Å². The van der Waals surface area contributed by atoms with Crippen LogP contribution in [0.1, 0.15) is 0 Å². The zero-order valence-corrected chi connectivity index (χ0v) is 20.1. The maximum atomic E-state index is 13.0. The highest BCUT2D eigenvalue weighted by atomic mass is 32.2. The highest BCUT2D eigenvalue weighted by molar-refractivity contribution is 7.89. The van der Waals surface area contributed by atoms with Gasteiger partial charge >= 0.3 is 0 Å². The molecule has 0 aromatic heterocycles.